The van der Waals surface area contributed by atoms with Gasteiger partial charge in [-0.25, -0.2) is 0 Å². The molecule has 5 heteroatoms. The molecule has 0 unspecified atom stereocenters. The quantitative estimate of drug-likeness (QED) is 0.397. The maximum absolute atomic E-state index is 12.2. The van der Waals surface area contributed by atoms with E-state index in [2.05, 4.69) is 0 Å². The van der Waals surface area contributed by atoms with E-state index in [0.717, 1.165) is 0 Å². The van der Waals surface area contributed by atoms with Gasteiger partial charge in [-0.1, -0.05) is 35.3 Å². The molecule has 0 amide bonds. The Morgan fingerprint density at radius 3 is 2.72 bits per heavy atom. The molecular formula is C20H14Cl2O3. The zero-order valence-corrected chi connectivity index (χ0v) is 14.8. The van der Waals surface area contributed by atoms with Crippen molar-refractivity contribution in [3.8, 4) is 17.1 Å². The van der Waals surface area contributed by atoms with Gasteiger partial charge in [-0.2, -0.15) is 0 Å². The fraction of sp³-hybridized carbons (Fsp3) is 0.0500. The summed E-state index contributed by atoms with van der Waals surface area (Å²) in [6.07, 6.45) is 3.07. The highest BCUT2D eigenvalue weighted by atomic mass is 35.5. The third-order valence-electron chi connectivity index (χ3n) is 3.57. The molecular weight excluding hydrogens is 359 g/mol. The van der Waals surface area contributed by atoms with Crippen molar-refractivity contribution in [2.24, 2.45) is 0 Å². The van der Waals surface area contributed by atoms with E-state index in [0.29, 0.717) is 38.4 Å². The predicted molar refractivity (Wildman–Crippen MR) is 101 cm³/mol. The van der Waals surface area contributed by atoms with Gasteiger partial charge in [0.1, 0.15) is 17.3 Å². The standard InChI is InChI=1S/C20H14Cl2O3/c1-24-16-4-2-3-13(11-16)19(23)9-6-15-7-10-20(25-15)17-12-14(21)5-8-18(17)22/h2-12H,1H3/b9-6+. The summed E-state index contributed by atoms with van der Waals surface area (Å²) in [6.45, 7) is 0. The van der Waals surface area contributed by atoms with Crippen molar-refractivity contribution in [2.45, 2.75) is 0 Å². The summed E-state index contributed by atoms with van der Waals surface area (Å²) in [7, 11) is 1.56. The summed E-state index contributed by atoms with van der Waals surface area (Å²) < 4.78 is 10.9. The van der Waals surface area contributed by atoms with Gasteiger partial charge in [0.05, 0.1) is 12.1 Å². The number of furan rings is 1. The van der Waals surface area contributed by atoms with Crippen LogP contribution < -0.4 is 4.74 Å². The highest BCUT2D eigenvalue weighted by Crippen LogP contribution is 2.32. The molecule has 0 saturated heterocycles. The Labute approximate surface area is 155 Å². The first-order valence-corrected chi connectivity index (χ1v) is 8.24. The lowest BCUT2D eigenvalue weighted by atomic mass is 10.1. The molecule has 0 aliphatic heterocycles. The maximum Gasteiger partial charge on any atom is 0.186 e. The molecule has 3 nitrogen and oxygen atoms in total. The van der Waals surface area contributed by atoms with Crippen molar-refractivity contribution >= 4 is 35.1 Å². The van der Waals surface area contributed by atoms with E-state index >= 15 is 0 Å². The van der Waals surface area contributed by atoms with Crippen molar-refractivity contribution in [3.05, 3.63) is 82.0 Å². The smallest absolute Gasteiger partial charge is 0.186 e. The van der Waals surface area contributed by atoms with E-state index in [1.54, 1.807) is 67.8 Å². The molecule has 1 aromatic heterocycles. The monoisotopic (exact) mass is 372 g/mol. The van der Waals surface area contributed by atoms with Crippen molar-refractivity contribution in [1.29, 1.82) is 0 Å². The Morgan fingerprint density at radius 1 is 1.08 bits per heavy atom. The van der Waals surface area contributed by atoms with Crippen LogP contribution in [0.3, 0.4) is 0 Å². The van der Waals surface area contributed by atoms with Crippen molar-refractivity contribution in [1.82, 2.24) is 0 Å². The SMILES string of the molecule is COc1cccc(C(=O)/C=C/c2ccc(-c3cc(Cl)ccc3Cl)o2)c1. The van der Waals surface area contributed by atoms with Gasteiger partial charge in [0.25, 0.3) is 0 Å². The average molecular weight is 373 g/mol. The molecule has 0 fully saturated rings. The minimum absolute atomic E-state index is 0.141. The Hall–Kier alpha value is -2.49. The molecule has 0 bridgehead atoms. The van der Waals surface area contributed by atoms with Crippen LogP contribution in [0.15, 0.2) is 65.1 Å². The van der Waals surface area contributed by atoms with E-state index in [-0.39, 0.29) is 5.78 Å². The van der Waals surface area contributed by atoms with Gasteiger partial charge >= 0.3 is 0 Å². The largest absolute Gasteiger partial charge is 0.497 e. The van der Waals surface area contributed by atoms with E-state index in [9.17, 15) is 4.79 Å². The van der Waals surface area contributed by atoms with E-state index in [1.807, 2.05) is 0 Å². The van der Waals surface area contributed by atoms with Crippen LogP contribution in [0.1, 0.15) is 16.1 Å². The second kappa shape index (κ2) is 7.60. The summed E-state index contributed by atoms with van der Waals surface area (Å²) in [4.78, 5) is 12.2. The Morgan fingerprint density at radius 2 is 1.92 bits per heavy atom. The molecule has 25 heavy (non-hydrogen) atoms. The number of ether oxygens (including phenoxy) is 1. The number of allylic oxidation sites excluding steroid dienone is 1. The highest BCUT2D eigenvalue weighted by Gasteiger charge is 2.09. The van der Waals surface area contributed by atoms with Crippen LogP contribution in [0.5, 0.6) is 5.75 Å². The minimum atomic E-state index is -0.141. The van der Waals surface area contributed by atoms with Crippen LogP contribution in [0.2, 0.25) is 10.0 Å². The number of hydrogen-bond acceptors (Lipinski definition) is 3. The molecule has 0 atom stereocenters. The third kappa shape index (κ3) is 4.13. The molecule has 2 aromatic carbocycles. The number of ketones is 1. The summed E-state index contributed by atoms with van der Waals surface area (Å²) in [6, 6.07) is 15.7. The number of benzene rings is 2. The number of carbonyl (C=O) groups excluding carboxylic acids is 1. The second-order valence-corrected chi connectivity index (χ2v) is 6.10. The first kappa shape index (κ1) is 17.3. The van der Waals surface area contributed by atoms with Gasteiger partial charge in [0.15, 0.2) is 5.78 Å². The van der Waals surface area contributed by atoms with Crippen LogP contribution in [-0.4, -0.2) is 12.9 Å². The van der Waals surface area contributed by atoms with Crippen LogP contribution in [-0.2, 0) is 0 Å². The van der Waals surface area contributed by atoms with Crippen LogP contribution in [0.25, 0.3) is 17.4 Å². The molecule has 0 aliphatic carbocycles. The highest BCUT2D eigenvalue weighted by molar-refractivity contribution is 6.35. The zero-order valence-electron chi connectivity index (χ0n) is 13.3. The summed E-state index contributed by atoms with van der Waals surface area (Å²) in [5, 5.41) is 1.11. The number of rotatable bonds is 5. The van der Waals surface area contributed by atoms with Gasteiger partial charge in [0, 0.05) is 16.1 Å². The number of hydrogen-bond donors (Lipinski definition) is 0. The van der Waals surface area contributed by atoms with Gasteiger partial charge in [-0.15, -0.1) is 0 Å². The van der Waals surface area contributed by atoms with E-state index < -0.39 is 0 Å². The molecule has 126 valence electrons. The average Bonchev–Trinajstić information content (AvgIpc) is 3.10. The zero-order chi connectivity index (χ0) is 17.8. The van der Waals surface area contributed by atoms with Crippen LogP contribution in [0.4, 0.5) is 0 Å². The van der Waals surface area contributed by atoms with Gasteiger partial charge < -0.3 is 9.15 Å². The molecule has 0 saturated carbocycles. The minimum Gasteiger partial charge on any atom is -0.497 e. The van der Waals surface area contributed by atoms with Crippen molar-refractivity contribution in [2.75, 3.05) is 7.11 Å². The van der Waals surface area contributed by atoms with Crippen molar-refractivity contribution < 1.29 is 13.9 Å². The molecule has 3 aromatic rings. The summed E-state index contributed by atoms with van der Waals surface area (Å²) >= 11 is 12.2. The van der Waals surface area contributed by atoms with Gasteiger partial charge in [-0.05, 0) is 54.6 Å². The van der Waals surface area contributed by atoms with Crippen LogP contribution >= 0.6 is 23.2 Å². The number of carbonyl (C=O) groups is 1. The van der Waals surface area contributed by atoms with Gasteiger partial charge in [-0.3, -0.25) is 4.79 Å². The molecule has 0 spiro atoms. The number of methoxy groups -OCH3 is 1. The molecule has 0 radical (unpaired) electrons. The first-order chi connectivity index (χ1) is 12.1. The van der Waals surface area contributed by atoms with E-state index in [4.69, 9.17) is 32.4 Å². The van der Waals surface area contributed by atoms with E-state index in [1.165, 1.54) is 6.08 Å². The Balaban J connectivity index is 1.79. The predicted octanol–water partition coefficient (Wildman–Crippen LogP) is 6.16. The Bertz CT molecular complexity index is 942. The normalized spacial score (nSPS) is 11.0. The molecule has 0 N–H and O–H groups in total. The van der Waals surface area contributed by atoms with Gasteiger partial charge in [0.2, 0.25) is 0 Å². The summed E-state index contributed by atoms with van der Waals surface area (Å²) in [5.41, 5.74) is 1.24. The second-order valence-electron chi connectivity index (χ2n) is 5.26. The Kier molecular flexibility index (Phi) is 5.27. The fourth-order valence-electron chi connectivity index (χ4n) is 2.30. The number of halogens is 2. The first-order valence-electron chi connectivity index (χ1n) is 7.48. The summed E-state index contributed by atoms with van der Waals surface area (Å²) in [5.74, 6) is 1.62. The lowest BCUT2D eigenvalue weighted by molar-refractivity contribution is 0.104. The maximum atomic E-state index is 12.2. The van der Waals surface area contributed by atoms with Crippen LogP contribution in [0, 0.1) is 0 Å². The molecule has 0 aliphatic rings. The fourth-order valence-corrected chi connectivity index (χ4v) is 2.69. The lowest BCUT2D eigenvalue weighted by Crippen LogP contribution is -1.94. The topological polar surface area (TPSA) is 39.4 Å². The van der Waals surface area contributed by atoms with Crippen molar-refractivity contribution in [3.63, 3.8) is 0 Å². The molecule has 3 rings (SSSR count). The lowest BCUT2D eigenvalue weighted by Gasteiger charge is -2.01. The molecule has 1 heterocycles. The third-order valence-corrected chi connectivity index (χ3v) is 4.14.